The number of anilines is 1. The van der Waals surface area contributed by atoms with Gasteiger partial charge in [0.15, 0.2) is 0 Å². The van der Waals surface area contributed by atoms with E-state index in [9.17, 15) is 20.0 Å². The van der Waals surface area contributed by atoms with Crippen molar-refractivity contribution in [2.45, 2.75) is 19.9 Å². The molecule has 2 N–H and O–H groups in total. The van der Waals surface area contributed by atoms with E-state index in [1.54, 1.807) is 0 Å². The summed E-state index contributed by atoms with van der Waals surface area (Å²) in [6.45, 7) is 7.38. The average molecular weight is 336 g/mol. The number of aliphatic carboxylic acids is 1. The fourth-order valence-corrected chi connectivity index (χ4v) is 2.57. The van der Waals surface area contributed by atoms with Crippen LogP contribution in [0.1, 0.15) is 19.4 Å². The van der Waals surface area contributed by atoms with Crippen LogP contribution in [0.5, 0.6) is 0 Å². The van der Waals surface area contributed by atoms with Crippen molar-refractivity contribution in [1.82, 2.24) is 9.88 Å². The van der Waals surface area contributed by atoms with E-state index < -0.39 is 16.7 Å². The molecule has 2 rings (SSSR count). The number of carboxylic acids is 1. The summed E-state index contributed by atoms with van der Waals surface area (Å²) in [5.74, 6) is -1.98. The van der Waals surface area contributed by atoms with Crippen LogP contribution in [0.3, 0.4) is 0 Å². The minimum atomic E-state index is -1.55. The molecular formula is C15H20N4O5. The van der Waals surface area contributed by atoms with Crippen LogP contribution in [0.15, 0.2) is 18.0 Å². The van der Waals surface area contributed by atoms with Gasteiger partial charge >= 0.3 is 5.97 Å². The third kappa shape index (κ3) is 3.99. The highest BCUT2D eigenvalue weighted by molar-refractivity contribution is 5.90. The summed E-state index contributed by atoms with van der Waals surface area (Å²) in [6.07, 6.45) is 1.96. The molecule has 0 saturated carbocycles. The molecule has 1 aromatic rings. The van der Waals surface area contributed by atoms with Crippen molar-refractivity contribution in [1.29, 1.82) is 0 Å². The Bertz CT molecular complexity index is 666. The summed E-state index contributed by atoms with van der Waals surface area (Å²) in [4.78, 5) is 29.6. The second kappa shape index (κ2) is 7.26. The molecule has 9 heteroatoms. The van der Waals surface area contributed by atoms with Gasteiger partial charge in [-0.05, 0) is 19.9 Å². The van der Waals surface area contributed by atoms with Crippen molar-refractivity contribution in [2.75, 3.05) is 31.1 Å². The summed E-state index contributed by atoms with van der Waals surface area (Å²) in [7, 11) is 0. The van der Waals surface area contributed by atoms with Gasteiger partial charge in [-0.15, -0.1) is 0 Å². The summed E-state index contributed by atoms with van der Waals surface area (Å²) < 4.78 is 0. The predicted molar refractivity (Wildman–Crippen MR) is 88.1 cm³/mol. The molecule has 1 aliphatic heterocycles. The number of aliphatic hydroxyl groups excluding tert-OH is 1. The van der Waals surface area contributed by atoms with Crippen LogP contribution in [0.2, 0.25) is 0 Å². The van der Waals surface area contributed by atoms with Crippen LogP contribution < -0.4 is 4.90 Å². The number of aromatic nitrogens is 1. The largest absolute Gasteiger partial charge is 0.502 e. The molecule has 130 valence electrons. The molecule has 1 fully saturated rings. The highest BCUT2D eigenvalue weighted by Crippen LogP contribution is 2.25. The smallest absolute Gasteiger partial charge is 0.370 e. The van der Waals surface area contributed by atoms with Crippen molar-refractivity contribution in [3.63, 3.8) is 0 Å². The molecule has 0 unspecified atom stereocenters. The van der Waals surface area contributed by atoms with Crippen molar-refractivity contribution in [3.05, 3.63) is 33.7 Å². The first kappa shape index (κ1) is 17.7. The number of rotatable bonds is 5. The monoisotopic (exact) mass is 336 g/mol. The normalized spacial score (nSPS) is 16.5. The number of nitro groups is 1. The number of nitrogens with zero attached hydrogens (tertiary/aromatic N) is 4. The summed E-state index contributed by atoms with van der Waals surface area (Å²) in [6, 6.07) is 1.88. The van der Waals surface area contributed by atoms with Gasteiger partial charge in [0.05, 0.1) is 10.5 Å². The van der Waals surface area contributed by atoms with Crippen LogP contribution >= 0.6 is 0 Å². The Labute approximate surface area is 139 Å². The van der Waals surface area contributed by atoms with Gasteiger partial charge in [-0.2, -0.15) is 0 Å². The maximum Gasteiger partial charge on any atom is 0.370 e. The predicted octanol–water partition coefficient (Wildman–Crippen LogP) is 1.50. The molecule has 0 bridgehead atoms. The second-order valence-electron chi connectivity index (χ2n) is 5.81. The number of carboxylic acid groups (broad SMARTS) is 1. The number of hydrogen-bond acceptors (Lipinski definition) is 7. The molecule has 24 heavy (non-hydrogen) atoms. The van der Waals surface area contributed by atoms with Crippen LogP contribution in [-0.4, -0.2) is 63.2 Å². The fraction of sp³-hybridized carbons (Fsp3) is 0.467. The average Bonchev–Trinajstić information content (AvgIpc) is 2.54. The number of pyridine rings is 1. The highest BCUT2D eigenvalue weighted by atomic mass is 16.6. The second-order valence-corrected chi connectivity index (χ2v) is 5.81. The van der Waals surface area contributed by atoms with E-state index in [1.807, 2.05) is 4.90 Å². The summed E-state index contributed by atoms with van der Waals surface area (Å²) >= 11 is 0. The Morgan fingerprint density at radius 2 is 1.96 bits per heavy atom. The minimum absolute atomic E-state index is 0.0104. The molecule has 2 heterocycles. The van der Waals surface area contributed by atoms with Gasteiger partial charge in [0.25, 0.3) is 5.69 Å². The van der Waals surface area contributed by atoms with Crippen LogP contribution in [0.25, 0.3) is 6.08 Å². The zero-order chi connectivity index (χ0) is 17.9. The lowest BCUT2D eigenvalue weighted by Crippen LogP contribution is -2.49. The van der Waals surface area contributed by atoms with E-state index in [1.165, 1.54) is 6.07 Å². The Kier molecular flexibility index (Phi) is 5.35. The molecule has 9 nitrogen and oxygen atoms in total. The lowest BCUT2D eigenvalue weighted by Gasteiger charge is -2.37. The van der Waals surface area contributed by atoms with Gasteiger partial charge in [0.1, 0.15) is 12.0 Å². The molecule has 0 amide bonds. The van der Waals surface area contributed by atoms with Crippen molar-refractivity contribution < 1.29 is 19.9 Å². The molecular weight excluding hydrogens is 316 g/mol. The van der Waals surface area contributed by atoms with E-state index in [0.29, 0.717) is 11.9 Å². The third-order valence-corrected chi connectivity index (χ3v) is 3.98. The number of piperazine rings is 1. The third-order valence-electron chi connectivity index (χ3n) is 3.98. The first-order valence-corrected chi connectivity index (χ1v) is 7.57. The van der Waals surface area contributed by atoms with Gasteiger partial charge in [-0.25, -0.2) is 9.78 Å². The summed E-state index contributed by atoms with van der Waals surface area (Å²) in [5.41, 5.74) is -0.344. The fourth-order valence-electron chi connectivity index (χ4n) is 2.57. The zero-order valence-electron chi connectivity index (χ0n) is 13.5. The number of carbonyl (C=O) groups is 1. The first-order valence-electron chi connectivity index (χ1n) is 7.57. The standard InChI is InChI=1S/C15H20N4O5/c1-10(2)17-3-5-18(6-4-17)14-8-11(7-13(20)15(21)22)12(9-16-14)19(23)24/h7-10,20H,3-6H2,1-2H3,(H,21,22)/b13-7-. The lowest BCUT2D eigenvalue weighted by molar-refractivity contribution is -0.385. The topological polar surface area (TPSA) is 120 Å². The molecule has 0 aromatic carbocycles. The SMILES string of the molecule is CC(C)N1CCN(c2cc(/C=C(\O)C(=O)O)c([N+](=O)[O-])cn2)CC1. The zero-order valence-corrected chi connectivity index (χ0v) is 13.5. The molecule has 1 aliphatic rings. The van der Waals surface area contributed by atoms with Gasteiger partial charge in [0.2, 0.25) is 5.76 Å². The number of aliphatic hydroxyl groups is 1. The van der Waals surface area contributed by atoms with Crippen molar-refractivity contribution in [3.8, 4) is 0 Å². The Morgan fingerprint density at radius 3 is 2.46 bits per heavy atom. The van der Waals surface area contributed by atoms with E-state index in [4.69, 9.17) is 5.11 Å². The molecule has 0 atom stereocenters. The van der Waals surface area contributed by atoms with Crippen LogP contribution in [-0.2, 0) is 4.79 Å². The van der Waals surface area contributed by atoms with Gasteiger partial charge in [-0.1, -0.05) is 0 Å². The van der Waals surface area contributed by atoms with Crippen LogP contribution in [0.4, 0.5) is 11.5 Å². The van der Waals surface area contributed by atoms with Gasteiger partial charge < -0.3 is 15.1 Å². The Morgan fingerprint density at radius 1 is 1.33 bits per heavy atom. The maximum absolute atomic E-state index is 11.1. The van der Waals surface area contributed by atoms with Crippen LogP contribution in [0, 0.1) is 10.1 Å². The van der Waals surface area contributed by atoms with E-state index in [2.05, 4.69) is 23.7 Å². The quantitative estimate of drug-likeness (QED) is 0.359. The van der Waals surface area contributed by atoms with Crippen molar-refractivity contribution >= 4 is 23.6 Å². The Hall–Kier alpha value is -2.68. The number of hydrogen-bond donors (Lipinski definition) is 2. The molecule has 1 aromatic heterocycles. The highest BCUT2D eigenvalue weighted by Gasteiger charge is 2.22. The van der Waals surface area contributed by atoms with Crippen molar-refractivity contribution in [2.24, 2.45) is 0 Å². The Balaban J connectivity index is 2.28. The maximum atomic E-state index is 11.1. The lowest BCUT2D eigenvalue weighted by atomic mass is 10.1. The van der Waals surface area contributed by atoms with E-state index in [-0.39, 0.29) is 11.3 Å². The first-order chi connectivity index (χ1) is 11.3. The van der Waals surface area contributed by atoms with Gasteiger partial charge in [-0.3, -0.25) is 15.0 Å². The molecule has 0 spiro atoms. The molecule has 0 radical (unpaired) electrons. The summed E-state index contributed by atoms with van der Waals surface area (Å²) in [5, 5.41) is 29.2. The molecule has 1 saturated heterocycles. The van der Waals surface area contributed by atoms with E-state index >= 15 is 0 Å². The molecule has 0 aliphatic carbocycles. The van der Waals surface area contributed by atoms with Gasteiger partial charge in [0, 0.05) is 38.3 Å². The van der Waals surface area contributed by atoms with E-state index in [0.717, 1.165) is 38.5 Å². The minimum Gasteiger partial charge on any atom is -0.502 e.